The average Bonchev–Trinajstić information content (AvgIpc) is 2.38. The van der Waals surface area contributed by atoms with E-state index in [1.165, 1.54) is 16.4 Å². The van der Waals surface area contributed by atoms with Crippen molar-refractivity contribution >= 4 is 16.0 Å². The van der Waals surface area contributed by atoms with Gasteiger partial charge in [-0.15, -0.1) is 0 Å². The third-order valence-electron chi connectivity index (χ3n) is 2.86. The van der Waals surface area contributed by atoms with Gasteiger partial charge in [-0.1, -0.05) is 26.0 Å². The van der Waals surface area contributed by atoms with E-state index in [-0.39, 0.29) is 11.3 Å². The van der Waals surface area contributed by atoms with Gasteiger partial charge in [-0.25, -0.2) is 8.42 Å². The first kappa shape index (κ1) is 16.7. The summed E-state index contributed by atoms with van der Waals surface area (Å²) in [7, 11) is -3.48. The highest BCUT2D eigenvalue weighted by Crippen LogP contribution is 2.17. The van der Waals surface area contributed by atoms with Gasteiger partial charge in [0.2, 0.25) is 10.0 Å². The van der Waals surface area contributed by atoms with Crippen LogP contribution in [0.3, 0.4) is 0 Å². The van der Waals surface area contributed by atoms with Gasteiger partial charge in [0.15, 0.2) is 0 Å². The summed E-state index contributed by atoms with van der Waals surface area (Å²) in [5, 5.41) is 8.70. The lowest BCUT2D eigenvalue weighted by Crippen LogP contribution is -2.32. The van der Waals surface area contributed by atoms with Gasteiger partial charge in [0.05, 0.1) is 11.3 Å². The lowest BCUT2D eigenvalue weighted by Gasteiger charge is -2.21. The average molecular weight is 299 g/mol. The second-order valence-corrected chi connectivity index (χ2v) is 6.56. The van der Waals surface area contributed by atoms with Gasteiger partial charge in [-0.2, -0.15) is 4.31 Å². The first-order chi connectivity index (χ1) is 9.41. The first-order valence-corrected chi connectivity index (χ1v) is 8.16. The monoisotopic (exact) mass is 299 g/mol. The molecule has 0 amide bonds. The van der Waals surface area contributed by atoms with E-state index in [9.17, 15) is 13.2 Å². The van der Waals surface area contributed by atoms with E-state index in [0.717, 1.165) is 12.8 Å². The summed E-state index contributed by atoms with van der Waals surface area (Å²) < 4.78 is 26.4. The first-order valence-electron chi connectivity index (χ1n) is 6.72. The van der Waals surface area contributed by atoms with Crippen LogP contribution in [-0.2, 0) is 21.2 Å². The minimum absolute atomic E-state index is 0.103. The van der Waals surface area contributed by atoms with E-state index in [1.54, 1.807) is 12.1 Å². The van der Waals surface area contributed by atoms with Gasteiger partial charge in [0.25, 0.3) is 0 Å². The maximum atomic E-state index is 12.5. The number of carboxylic acid groups (broad SMARTS) is 1. The molecule has 0 heterocycles. The standard InChI is InChI=1S/C14H21NO4S/c1-3-9-15(10-4-2)20(18,19)13-7-5-12(6-8-13)11-14(16)17/h5-8H,3-4,9-11H2,1-2H3,(H,16,17). The van der Waals surface area contributed by atoms with Gasteiger partial charge in [0, 0.05) is 13.1 Å². The van der Waals surface area contributed by atoms with Crippen molar-refractivity contribution < 1.29 is 18.3 Å². The minimum atomic E-state index is -3.48. The number of carbonyl (C=O) groups is 1. The van der Waals surface area contributed by atoms with E-state index in [0.29, 0.717) is 18.7 Å². The summed E-state index contributed by atoms with van der Waals surface area (Å²) in [6.07, 6.45) is 1.42. The molecule has 20 heavy (non-hydrogen) atoms. The topological polar surface area (TPSA) is 74.7 Å². The van der Waals surface area contributed by atoms with Crippen molar-refractivity contribution in [3.05, 3.63) is 29.8 Å². The van der Waals surface area contributed by atoms with Crippen LogP contribution in [-0.4, -0.2) is 36.9 Å². The zero-order valence-corrected chi connectivity index (χ0v) is 12.7. The summed E-state index contributed by atoms with van der Waals surface area (Å²) in [6, 6.07) is 6.06. The Bertz CT molecular complexity index is 531. The molecule has 1 rings (SSSR count). The molecule has 0 saturated carbocycles. The second kappa shape index (κ2) is 7.40. The summed E-state index contributed by atoms with van der Waals surface area (Å²) >= 11 is 0. The van der Waals surface area contributed by atoms with Crippen molar-refractivity contribution in [3.63, 3.8) is 0 Å². The molecule has 0 saturated heterocycles. The van der Waals surface area contributed by atoms with Crippen LogP contribution in [0.25, 0.3) is 0 Å². The fraction of sp³-hybridized carbons (Fsp3) is 0.500. The Morgan fingerprint density at radius 2 is 1.60 bits per heavy atom. The molecule has 0 spiro atoms. The molecule has 0 aliphatic heterocycles. The van der Waals surface area contributed by atoms with Crippen LogP contribution >= 0.6 is 0 Å². The van der Waals surface area contributed by atoms with Crippen LogP contribution in [0.5, 0.6) is 0 Å². The zero-order chi connectivity index (χ0) is 15.2. The van der Waals surface area contributed by atoms with Crippen LogP contribution in [0.1, 0.15) is 32.3 Å². The van der Waals surface area contributed by atoms with E-state index in [2.05, 4.69) is 0 Å². The summed E-state index contributed by atoms with van der Waals surface area (Å²) in [5.41, 5.74) is 0.592. The number of hydrogen-bond acceptors (Lipinski definition) is 3. The van der Waals surface area contributed by atoms with Crippen LogP contribution in [0.2, 0.25) is 0 Å². The fourth-order valence-electron chi connectivity index (χ4n) is 1.95. The van der Waals surface area contributed by atoms with Gasteiger partial charge >= 0.3 is 5.97 Å². The number of hydrogen-bond donors (Lipinski definition) is 1. The normalized spacial score (nSPS) is 11.8. The number of benzene rings is 1. The third-order valence-corrected chi connectivity index (χ3v) is 4.78. The fourth-order valence-corrected chi connectivity index (χ4v) is 3.58. The van der Waals surface area contributed by atoms with Crippen LogP contribution in [0.15, 0.2) is 29.2 Å². The predicted molar refractivity (Wildman–Crippen MR) is 77.1 cm³/mol. The Morgan fingerprint density at radius 3 is 2.00 bits per heavy atom. The second-order valence-electron chi connectivity index (χ2n) is 4.62. The number of rotatable bonds is 8. The van der Waals surface area contributed by atoms with Gasteiger partial charge in [-0.05, 0) is 30.5 Å². The molecule has 0 fully saturated rings. The van der Waals surface area contributed by atoms with Crippen LogP contribution in [0.4, 0.5) is 0 Å². The molecular weight excluding hydrogens is 278 g/mol. The number of nitrogens with zero attached hydrogens (tertiary/aromatic N) is 1. The maximum Gasteiger partial charge on any atom is 0.307 e. The molecule has 1 aromatic rings. The minimum Gasteiger partial charge on any atom is -0.481 e. The van der Waals surface area contributed by atoms with Gasteiger partial charge in [-0.3, -0.25) is 4.79 Å². The van der Waals surface area contributed by atoms with E-state index in [1.807, 2.05) is 13.8 Å². The Hall–Kier alpha value is -1.40. The molecule has 0 aromatic heterocycles. The Kier molecular flexibility index (Phi) is 6.16. The maximum absolute atomic E-state index is 12.5. The Labute approximate surface area is 120 Å². The summed E-state index contributed by atoms with van der Waals surface area (Å²) in [5.74, 6) is -0.931. The SMILES string of the molecule is CCCN(CCC)S(=O)(=O)c1ccc(CC(=O)O)cc1. The molecule has 5 nitrogen and oxygen atoms in total. The van der Waals surface area contributed by atoms with Crippen molar-refractivity contribution in [2.24, 2.45) is 0 Å². The largest absolute Gasteiger partial charge is 0.481 e. The van der Waals surface area contributed by atoms with Crippen molar-refractivity contribution in [1.29, 1.82) is 0 Å². The molecule has 1 aromatic carbocycles. The lowest BCUT2D eigenvalue weighted by molar-refractivity contribution is -0.136. The zero-order valence-electron chi connectivity index (χ0n) is 11.9. The van der Waals surface area contributed by atoms with Crippen molar-refractivity contribution in [2.75, 3.05) is 13.1 Å². The summed E-state index contributed by atoms with van der Waals surface area (Å²) in [4.78, 5) is 10.8. The number of sulfonamides is 1. The molecule has 112 valence electrons. The smallest absolute Gasteiger partial charge is 0.307 e. The molecule has 0 aliphatic rings. The number of carboxylic acids is 1. The quantitative estimate of drug-likeness (QED) is 0.798. The Balaban J connectivity index is 2.98. The molecule has 0 aliphatic carbocycles. The van der Waals surface area contributed by atoms with E-state index < -0.39 is 16.0 Å². The molecule has 0 radical (unpaired) electrons. The van der Waals surface area contributed by atoms with Gasteiger partial charge in [0.1, 0.15) is 0 Å². The van der Waals surface area contributed by atoms with Crippen LogP contribution < -0.4 is 0 Å². The summed E-state index contributed by atoms with van der Waals surface area (Å²) in [6.45, 7) is 4.86. The molecule has 0 bridgehead atoms. The van der Waals surface area contributed by atoms with Crippen molar-refractivity contribution in [3.8, 4) is 0 Å². The van der Waals surface area contributed by atoms with Crippen molar-refractivity contribution in [1.82, 2.24) is 4.31 Å². The highest BCUT2D eigenvalue weighted by Gasteiger charge is 2.22. The molecular formula is C14H21NO4S. The lowest BCUT2D eigenvalue weighted by atomic mass is 10.2. The molecule has 6 heteroatoms. The highest BCUT2D eigenvalue weighted by molar-refractivity contribution is 7.89. The predicted octanol–water partition coefficient (Wildman–Crippen LogP) is 2.12. The van der Waals surface area contributed by atoms with Gasteiger partial charge < -0.3 is 5.11 Å². The molecule has 0 atom stereocenters. The van der Waals surface area contributed by atoms with E-state index >= 15 is 0 Å². The highest BCUT2D eigenvalue weighted by atomic mass is 32.2. The molecule has 0 unspecified atom stereocenters. The molecule has 1 N–H and O–H groups in total. The van der Waals surface area contributed by atoms with Crippen LogP contribution in [0, 0.1) is 0 Å². The van der Waals surface area contributed by atoms with Crippen molar-refractivity contribution in [2.45, 2.75) is 38.0 Å². The number of aliphatic carboxylic acids is 1. The third kappa shape index (κ3) is 4.31. The Morgan fingerprint density at radius 1 is 1.10 bits per heavy atom. The van der Waals surface area contributed by atoms with E-state index in [4.69, 9.17) is 5.11 Å².